The van der Waals surface area contributed by atoms with Gasteiger partial charge in [-0.1, -0.05) is 31.4 Å². The number of rotatable bonds is 12. The Bertz CT molecular complexity index is 706. The van der Waals surface area contributed by atoms with Gasteiger partial charge in [0.25, 0.3) is 0 Å². The van der Waals surface area contributed by atoms with Crippen molar-refractivity contribution >= 4 is 11.9 Å². The Kier molecular flexibility index (Phi) is 10.1. The van der Waals surface area contributed by atoms with Crippen LogP contribution in [0.1, 0.15) is 70.3 Å². The zero-order valence-corrected chi connectivity index (χ0v) is 17.6. The third-order valence-electron chi connectivity index (χ3n) is 6.09. The summed E-state index contributed by atoms with van der Waals surface area (Å²) in [6.45, 7) is 1.60. The zero-order chi connectivity index (χ0) is 22.1. The van der Waals surface area contributed by atoms with Gasteiger partial charge in [0.1, 0.15) is 17.4 Å². The first-order chi connectivity index (χ1) is 14.3. The van der Waals surface area contributed by atoms with Gasteiger partial charge in [0, 0.05) is 12.0 Å². The van der Waals surface area contributed by atoms with Crippen LogP contribution in [0.15, 0.2) is 24.3 Å². The van der Waals surface area contributed by atoms with Gasteiger partial charge in [0.15, 0.2) is 0 Å². The summed E-state index contributed by atoms with van der Waals surface area (Å²) in [6.07, 6.45) is 7.29. The molecule has 0 aliphatic heterocycles. The fraction of sp³-hybridized carbons (Fsp3) is 0.625. The van der Waals surface area contributed by atoms with Crippen molar-refractivity contribution in [3.05, 3.63) is 41.5 Å². The molecule has 2 rings (SSSR count). The maximum atomic E-state index is 13.7. The minimum Gasteiger partial charge on any atom is -0.393 e. The number of unbranched alkanes of at least 4 members (excludes halogenated alkanes) is 3. The molecule has 0 radical (unpaired) electrons. The fourth-order valence-corrected chi connectivity index (χ4v) is 4.40. The average Bonchev–Trinajstić information content (AvgIpc) is 2.95. The van der Waals surface area contributed by atoms with Gasteiger partial charge < -0.3 is 20.1 Å². The number of aliphatic hydroxyl groups is 3. The quantitative estimate of drug-likeness (QED) is 0.435. The largest absolute Gasteiger partial charge is 0.393 e. The molecule has 168 valence electrons. The van der Waals surface area contributed by atoms with Crippen LogP contribution in [0.2, 0.25) is 0 Å². The van der Waals surface area contributed by atoms with Gasteiger partial charge in [-0.15, -0.1) is 0 Å². The summed E-state index contributed by atoms with van der Waals surface area (Å²) in [4.78, 5) is 11.0. The molecule has 5 atom stereocenters. The summed E-state index contributed by atoms with van der Waals surface area (Å²) >= 11 is 0. The zero-order valence-electron chi connectivity index (χ0n) is 17.6. The van der Waals surface area contributed by atoms with Gasteiger partial charge in [-0.2, -0.15) is 0 Å². The number of ketones is 1. The van der Waals surface area contributed by atoms with Crippen LogP contribution in [-0.4, -0.2) is 39.4 Å². The number of hydrogen-bond donors (Lipinski definition) is 3. The van der Waals surface area contributed by atoms with Crippen molar-refractivity contribution in [2.75, 3.05) is 0 Å². The number of halogens is 2. The van der Waals surface area contributed by atoms with Gasteiger partial charge in [-0.3, -0.25) is 0 Å². The number of Topliss-reactive ketones (excluding diaryl/α,β-unsaturated/α-hetero) is 1. The first kappa shape index (κ1) is 24.6. The topological polar surface area (TPSA) is 77.8 Å². The Balaban J connectivity index is 1.80. The number of carbonyl (C=O) groups excluding carboxylic acids is 1. The Labute approximate surface area is 177 Å². The molecule has 1 aliphatic carbocycles. The van der Waals surface area contributed by atoms with Crippen molar-refractivity contribution in [1.82, 2.24) is 0 Å². The first-order valence-corrected chi connectivity index (χ1v) is 10.9. The summed E-state index contributed by atoms with van der Waals surface area (Å²) in [6, 6.07) is 3.16. The van der Waals surface area contributed by atoms with Gasteiger partial charge in [-0.25, -0.2) is 8.78 Å². The Morgan fingerprint density at radius 2 is 1.77 bits per heavy atom. The van der Waals surface area contributed by atoms with Gasteiger partial charge in [0.05, 0.1) is 18.3 Å². The van der Waals surface area contributed by atoms with Crippen molar-refractivity contribution in [2.45, 2.75) is 83.0 Å². The van der Waals surface area contributed by atoms with Gasteiger partial charge >= 0.3 is 0 Å². The summed E-state index contributed by atoms with van der Waals surface area (Å²) in [5.74, 6) is -0.997. The third kappa shape index (κ3) is 7.89. The maximum absolute atomic E-state index is 13.7. The van der Waals surface area contributed by atoms with Gasteiger partial charge in [0.2, 0.25) is 0 Å². The summed E-state index contributed by atoms with van der Waals surface area (Å²) < 4.78 is 26.9. The van der Waals surface area contributed by atoms with Gasteiger partial charge in [-0.05, 0) is 69.1 Å². The highest BCUT2D eigenvalue weighted by Crippen LogP contribution is 2.39. The van der Waals surface area contributed by atoms with Crippen LogP contribution in [0.25, 0.3) is 6.08 Å². The number of hydrogen-bond acceptors (Lipinski definition) is 4. The average molecular weight is 425 g/mol. The molecule has 1 unspecified atom stereocenters. The number of aliphatic hydroxyl groups excluding tert-OH is 3. The Morgan fingerprint density at radius 3 is 2.47 bits per heavy atom. The lowest BCUT2D eigenvalue weighted by molar-refractivity contribution is -0.117. The molecular weight excluding hydrogens is 390 g/mol. The van der Waals surface area contributed by atoms with E-state index in [1.807, 2.05) is 0 Å². The van der Waals surface area contributed by atoms with Crippen LogP contribution in [0.4, 0.5) is 8.78 Å². The molecule has 0 spiro atoms. The smallest absolute Gasteiger partial charge is 0.130 e. The highest BCUT2D eigenvalue weighted by molar-refractivity contribution is 5.75. The molecule has 1 fully saturated rings. The van der Waals surface area contributed by atoms with Crippen molar-refractivity contribution < 1.29 is 28.9 Å². The highest BCUT2D eigenvalue weighted by atomic mass is 19.1. The van der Waals surface area contributed by atoms with E-state index in [2.05, 4.69) is 0 Å². The standard InChI is InChI=1S/C24H34F2O4/c1-16(27)6-4-2-3-5-7-20-21(24(30)15-23(20)29)12-11-19(28)10-8-17-14-18(25)9-13-22(17)26/h8-10,13-14,19-21,23-24,28-30H,2-7,11-12,15H2,1H3/b10-8+/t19?,20-,21-,23+,24-/m1/s1. The molecule has 1 aliphatic rings. The van der Waals surface area contributed by atoms with E-state index in [0.29, 0.717) is 25.7 Å². The maximum Gasteiger partial charge on any atom is 0.130 e. The lowest BCUT2D eigenvalue weighted by Crippen LogP contribution is -2.23. The van der Waals surface area contributed by atoms with Crippen LogP contribution in [0.3, 0.4) is 0 Å². The predicted octanol–water partition coefficient (Wildman–Crippen LogP) is 4.41. The Morgan fingerprint density at radius 1 is 1.10 bits per heavy atom. The fourth-order valence-electron chi connectivity index (χ4n) is 4.40. The Hall–Kier alpha value is -1.63. The van der Waals surface area contributed by atoms with Crippen LogP contribution in [-0.2, 0) is 4.79 Å². The summed E-state index contributed by atoms with van der Waals surface area (Å²) in [5.41, 5.74) is 0.0769. The molecule has 0 heterocycles. The molecule has 30 heavy (non-hydrogen) atoms. The van der Waals surface area contributed by atoms with E-state index in [1.54, 1.807) is 6.92 Å². The second kappa shape index (κ2) is 12.3. The third-order valence-corrected chi connectivity index (χ3v) is 6.09. The number of carbonyl (C=O) groups is 1. The van der Waals surface area contributed by atoms with Crippen molar-refractivity contribution in [3.63, 3.8) is 0 Å². The predicted molar refractivity (Wildman–Crippen MR) is 113 cm³/mol. The van der Waals surface area contributed by atoms with E-state index in [1.165, 1.54) is 12.2 Å². The lowest BCUT2D eigenvalue weighted by atomic mass is 9.85. The lowest BCUT2D eigenvalue weighted by Gasteiger charge is -2.24. The minimum atomic E-state index is -0.843. The van der Waals surface area contributed by atoms with Crippen molar-refractivity contribution in [1.29, 1.82) is 0 Å². The van der Waals surface area contributed by atoms with E-state index >= 15 is 0 Å². The van der Waals surface area contributed by atoms with Crippen LogP contribution >= 0.6 is 0 Å². The summed E-state index contributed by atoms with van der Waals surface area (Å²) in [7, 11) is 0. The van der Waals surface area contributed by atoms with Crippen LogP contribution in [0.5, 0.6) is 0 Å². The molecule has 6 heteroatoms. The second-order valence-corrected chi connectivity index (χ2v) is 8.52. The van der Waals surface area contributed by atoms with Crippen LogP contribution in [0, 0.1) is 23.5 Å². The molecule has 0 aromatic heterocycles. The second-order valence-electron chi connectivity index (χ2n) is 8.52. The molecular formula is C24H34F2O4. The SMILES string of the molecule is CC(=O)CCCCCC[C@@H]1[C@@H](CCC(O)/C=C/c2cc(F)ccc2F)[C@H](O)C[C@@H]1O. The van der Waals surface area contributed by atoms with E-state index in [-0.39, 0.29) is 23.2 Å². The molecule has 1 aromatic carbocycles. The molecule has 1 saturated carbocycles. The number of benzene rings is 1. The monoisotopic (exact) mass is 424 g/mol. The molecule has 4 nitrogen and oxygen atoms in total. The molecule has 1 aromatic rings. The first-order valence-electron chi connectivity index (χ1n) is 10.9. The van der Waals surface area contributed by atoms with Crippen molar-refractivity contribution in [2.24, 2.45) is 11.8 Å². The van der Waals surface area contributed by atoms with Crippen molar-refractivity contribution in [3.8, 4) is 0 Å². The minimum absolute atomic E-state index is 0.00958. The summed E-state index contributed by atoms with van der Waals surface area (Å²) in [5, 5.41) is 30.9. The van der Waals surface area contributed by atoms with E-state index in [0.717, 1.165) is 50.3 Å². The van der Waals surface area contributed by atoms with E-state index < -0.39 is 29.9 Å². The molecule has 0 bridgehead atoms. The molecule has 0 saturated heterocycles. The normalized spacial score (nSPS) is 25.1. The molecule has 3 N–H and O–H groups in total. The van der Waals surface area contributed by atoms with E-state index in [9.17, 15) is 28.9 Å². The van der Waals surface area contributed by atoms with E-state index in [4.69, 9.17) is 0 Å². The highest BCUT2D eigenvalue weighted by Gasteiger charge is 2.40. The molecule has 0 amide bonds. The van der Waals surface area contributed by atoms with Crippen LogP contribution < -0.4 is 0 Å².